The number of hydrogen-bond donors (Lipinski definition) is 1. The van der Waals surface area contributed by atoms with Gasteiger partial charge in [0.2, 0.25) is 0 Å². The Labute approximate surface area is 82.1 Å². The van der Waals surface area contributed by atoms with Crippen LogP contribution in [0.1, 0.15) is 17.2 Å². The van der Waals surface area contributed by atoms with Crippen LogP contribution in [-0.2, 0) is 6.18 Å². The van der Waals surface area contributed by atoms with Crippen LogP contribution in [0.5, 0.6) is 0 Å². The van der Waals surface area contributed by atoms with Gasteiger partial charge in [0.05, 0.1) is 5.56 Å². The summed E-state index contributed by atoms with van der Waals surface area (Å²) in [5, 5.41) is 8.96. The van der Waals surface area contributed by atoms with E-state index in [1.165, 1.54) is 0 Å². The molecule has 1 unspecified atom stereocenters. The monoisotopic (exact) mass is 226 g/mol. The Morgan fingerprint density at radius 3 is 2.33 bits per heavy atom. The molecule has 0 amide bonds. The molecule has 1 rings (SSSR count). The summed E-state index contributed by atoms with van der Waals surface area (Å²) < 4.78 is 61.6. The highest BCUT2D eigenvalue weighted by atomic mass is 19.4. The molecule has 0 saturated heterocycles. The van der Waals surface area contributed by atoms with Crippen molar-refractivity contribution in [2.75, 3.05) is 6.67 Å². The standard InChI is InChI=1S/C9H7F5O/c10-4-8(15)6-3-5(11)1-2-7(6)9(12,13)14/h1-3,8,15H,4H2. The smallest absolute Gasteiger partial charge is 0.386 e. The van der Waals surface area contributed by atoms with Crippen molar-refractivity contribution < 1.29 is 27.1 Å². The van der Waals surface area contributed by atoms with Crippen molar-refractivity contribution >= 4 is 0 Å². The van der Waals surface area contributed by atoms with E-state index in [-0.39, 0.29) is 0 Å². The van der Waals surface area contributed by atoms with Gasteiger partial charge < -0.3 is 5.11 Å². The van der Waals surface area contributed by atoms with E-state index in [2.05, 4.69) is 0 Å². The first-order valence-corrected chi connectivity index (χ1v) is 3.97. The molecule has 84 valence electrons. The van der Waals surface area contributed by atoms with Gasteiger partial charge >= 0.3 is 6.18 Å². The molecule has 0 fully saturated rings. The molecule has 1 aromatic carbocycles. The molecule has 0 bridgehead atoms. The first kappa shape index (κ1) is 11.9. The van der Waals surface area contributed by atoms with Crippen LogP contribution >= 0.6 is 0 Å². The van der Waals surface area contributed by atoms with Gasteiger partial charge in [-0.15, -0.1) is 0 Å². The molecule has 0 heterocycles. The summed E-state index contributed by atoms with van der Waals surface area (Å²) in [6.07, 6.45) is -6.70. The van der Waals surface area contributed by atoms with Crippen molar-refractivity contribution in [3.63, 3.8) is 0 Å². The summed E-state index contributed by atoms with van der Waals surface area (Å²) in [4.78, 5) is 0. The highest BCUT2D eigenvalue weighted by Crippen LogP contribution is 2.35. The van der Waals surface area contributed by atoms with Crippen LogP contribution in [0.2, 0.25) is 0 Å². The van der Waals surface area contributed by atoms with Crippen molar-refractivity contribution in [2.24, 2.45) is 0 Å². The molecule has 1 atom stereocenters. The molecule has 0 aliphatic rings. The van der Waals surface area contributed by atoms with Crippen LogP contribution in [0, 0.1) is 5.82 Å². The maximum absolute atomic E-state index is 12.6. The molecule has 1 nitrogen and oxygen atoms in total. The lowest BCUT2D eigenvalue weighted by Gasteiger charge is -2.15. The van der Waals surface area contributed by atoms with Crippen LogP contribution in [0.3, 0.4) is 0 Å². The zero-order chi connectivity index (χ0) is 11.6. The number of aliphatic hydroxyl groups excluding tert-OH is 1. The highest BCUT2D eigenvalue weighted by Gasteiger charge is 2.35. The second-order valence-electron chi connectivity index (χ2n) is 2.90. The van der Waals surface area contributed by atoms with Gasteiger partial charge in [-0.25, -0.2) is 8.78 Å². The first-order chi connectivity index (χ1) is 6.86. The Bertz CT molecular complexity index is 347. The lowest BCUT2D eigenvalue weighted by molar-refractivity contribution is -0.139. The number of benzene rings is 1. The van der Waals surface area contributed by atoms with Gasteiger partial charge in [-0.1, -0.05) is 0 Å². The zero-order valence-electron chi connectivity index (χ0n) is 7.35. The third kappa shape index (κ3) is 2.65. The van der Waals surface area contributed by atoms with E-state index in [0.29, 0.717) is 18.2 Å². The first-order valence-electron chi connectivity index (χ1n) is 3.97. The summed E-state index contributed by atoms with van der Waals surface area (Å²) in [6.45, 7) is -1.40. The topological polar surface area (TPSA) is 20.2 Å². The minimum Gasteiger partial charge on any atom is -0.386 e. The van der Waals surface area contributed by atoms with Gasteiger partial charge in [0, 0.05) is 0 Å². The van der Waals surface area contributed by atoms with E-state index in [0.717, 1.165) is 0 Å². The van der Waals surface area contributed by atoms with E-state index in [1.807, 2.05) is 0 Å². The van der Waals surface area contributed by atoms with Crippen LogP contribution in [0.4, 0.5) is 22.0 Å². The van der Waals surface area contributed by atoms with Crippen LogP contribution in [0.15, 0.2) is 18.2 Å². The summed E-state index contributed by atoms with van der Waals surface area (Å²) in [6, 6.07) is 1.56. The Morgan fingerprint density at radius 2 is 1.87 bits per heavy atom. The molecule has 6 heteroatoms. The lowest BCUT2D eigenvalue weighted by Crippen LogP contribution is -2.13. The molecule has 0 saturated carbocycles. The molecule has 0 spiro atoms. The summed E-state index contributed by atoms with van der Waals surface area (Å²) >= 11 is 0. The van der Waals surface area contributed by atoms with Crippen molar-refractivity contribution in [1.29, 1.82) is 0 Å². The van der Waals surface area contributed by atoms with Crippen molar-refractivity contribution in [2.45, 2.75) is 12.3 Å². The van der Waals surface area contributed by atoms with Crippen LogP contribution in [-0.4, -0.2) is 11.8 Å². The molecule has 0 radical (unpaired) electrons. The summed E-state index contributed by atoms with van der Waals surface area (Å²) in [5.74, 6) is -0.953. The average molecular weight is 226 g/mol. The van der Waals surface area contributed by atoms with E-state index < -0.39 is 35.9 Å². The van der Waals surface area contributed by atoms with Gasteiger partial charge in [-0.3, -0.25) is 0 Å². The predicted molar refractivity (Wildman–Crippen MR) is 42.3 cm³/mol. The SMILES string of the molecule is OC(CF)c1cc(F)ccc1C(F)(F)F. The molecule has 15 heavy (non-hydrogen) atoms. The molecule has 1 N–H and O–H groups in total. The Morgan fingerprint density at radius 1 is 1.27 bits per heavy atom. The number of halogens is 5. The van der Waals surface area contributed by atoms with Crippen LogP contribution < -0.4 is 0 Å². The van der Waals surface area contributed by atoms with Crippen molar-refractivity contribution in [1.82, 2.24) is 0 Å². The maximum Gasteiger partial charge on any atom is 0.416 e. The number of rotatable bonds is 2. The quantitative estimate of drug-likeness (QED) is 0.769. The zero-order valence-corrected chi connectivity index (χ0v) is 7.35. The molecule has 0 aromatic heterocycles. The van der Waals surface area contributed by atoms with Gasteiger partial charge in [-0.05, 0) is 23.8 Å². The Balaban J connectivity index is 3.27. The van der Waals surface area contributed by atoms with Crippen LogP contribution in [0.25, 0.3) is 0 Å². The van der Waals surface area contributed by atoms with Gasteiger partial charge in [0.1, 0.15) is 18.6 Å². The molecular formula is C9H7F5O. The second kappa shape index (κ2) is 4.14. The fraction of sp³-hybridized carbons (Fsp3) is 0.333. The Hall–Kier alpha value is -1.17. The van der Waals surface area contributed by atoms with E-state index in [1.54, 1.807) is 0 Å². The summed E-state index contributed by atoms with van der Waals surface area (Å²) in [7, 11) is 0. The minimum atomic E-state index is -4.74. The molecule has 0 aliphatic carbocycles. The van der Waals surface area contributed by atoms with E-state index in [4.69, 9.17) is 5.11 Å². The van der Waals surface area contributed by atoms with E-state index in [9.17, 15) is 22.0 Å². The van der Waals surface area contributed by atoms with Crippen molar-refractivity contribution in [3.8, 4) is 0 Å². The lowest BCUT2D eigenvalue weighted by atomic mass is 10.0. The molecule has 0 aliphatic heterocycles. The van der Waals surface area contributed by atoms with Gasteiger partial charge in [0.25, 0.3) is 0 Å². The number of hydrogen-bond acceptors (Lipinski definition) is 1. The maximum atomic E-state index is 12.6. The average Bonchev–Trinajstić information content (AvgIpc) is 2.14. The van der Waals surface area contributed by atoms with E-state index >= 15 is 0 Å². The van der Waals surface area contributed by atoms with Crippen molar-refractivity contribution in [3.05, 3.63) is 35.1 Å². The highest BCUT2D eigenvalue weighted by molar-refractivity contribution is 5.32. The molecule has 1 aromatic rings. The van der Waals surface area contributed by atoms with Gasteiger partial charge in [0.15, 0.2) is 0 Å². The third-order valence-electron chi connectivity index (χ3n) is 1.82. The Kier molecular flexibility index (Phi) is 3.28. The number of aliphatic hydroxyl groups is 1. The second-order valence-corrected chi connectivity index (χ2v) is 2.90. The predicted octanol–water partition coefficient (Wildman–Crippen LogP) is 2.85. The van der Waals surface area contributed by atoms with Gasteiger partial charge in [-0.2, -0.15) is 13.2 Å². The summed E-state index contributed by atoms with van der Waals surface area (Å²) in [5.41, 5.74) is -2.01. The normalized spacial score (nSPS) is 14.0. The fourth-order valence-electron chi connectivity index (χ4n) is 1.15. The number of alkyl halides is 4. The largest absolute Gasteiger partial charge is 0.416 e. The minimum absolute atomic E-state index is 0.476. The third-order valence-corrected chi connectivity index (χ3v) is 1.82. The fourth-order valence-corrected chi connectivity index (χ4v) is 1.15. The molecular weight excluding hydrogens is 219 g/mol.